The van der Waals surface area contributed by atoms with Crippen LogP contribution in [0.4, 0.5) is 13.2 Å². The quantitative estimate of drug-likeness (QED) is 0.861. The third-order valence-electron chi connectivity index (χ3n) is 4.75. The van der Waals surface area contributed by atoms with Crippen LogP contribution in [-0.4, -0.2) is 50.6 Å². The maximum absolute atomic E-state index is 13.0. The molecule has 10 heteroatoms. The van der Waals surface area contributed by atoms with Gasteiger partial charge in [-0.2, -0.15) is 18.3 Å². The maximum atomic E-state index is 13.0. The van der Waals surface area contributed by atoms with Crippen LogP contribution in [0.5, 0.6) is 0 Å². The SMILES string of the molecule is Cc1ncc(C(F)(F)F)cc1C(=O)N1CCCC1CNC(=O)c1cnn(C)c1. The largest absolute Gasteiger partial charge is 0.417 e. The smallest absolute Gasteiger partial charge is 0.350 e. The minimum Gasteiger partial charge on any atom is -0.350 e. The van der Waals surface area contributed by atoms with Gasteiger partial charge in [0.15, 0.2) is 0 Å². The highest BCUT2D eigenvalue weighted by atomic mass is 19.4. The summed E-state index contributed by atoms with van der Waals surface area (Å²) in [5, 5.41) is 6.69. The van der Waals surface area contributed by atoms with Crippen LogP contribution in [0.2, 0.25) is 0 Å². The Morgan fingerprint density at radius 1 is 1.32 bits per heavy atom. The van der Waals surface area contributed by atoms with Gasteiger partial charge in [0.1, 0.15) is 0 Å². The van der Waals surface area contributed by atoms with Gasteiger partial charge in [-0.3, -0.25) is 19.3 Å². The zero-order chi connectivity index (χ0) is 20.5. The molecule has 1 atom stereocenters. The van der Waals surface area contributed by atoms with E-state index in [0.717, 1.165) is 12.3 Å². The Balaban J connectivity index is 1.72. The molecule has 1 unspecified atom stereocenters. The predicted molar refractivity (Wildman–Crippen MR) is 93.6 cm³/mol. The van der Waals surface area contributed by atoms with E-state index in [9.17, 15) is 22.8 Å². The van der Waals surface area contributed by atoms with Crippen LogP contribution in [0.1, 0.15) is 44.8 Å². The number of hydrogen-bond acceptors (Lipinski definition) is 4. The van der Waals surface area contributed by atoms with Gasteiger partial charge < -0.3 is 10.2 Å². The number of likely N-dealkylation sites (tertiary alicyclic amines) is 1. The van der Waals surface area contributed by atoms with Gasteiger partial charge in [-0.15, -0.1) is 0 Å². The first kappa shape index (κ1) is 19.8. The van der Waals surface area contributed by atoms with Crippen LogP contribution in [0, 0.1) is 6.92 Å². The molecule has 150 valence electrons. The van der Waals surface area contributed by atoms with E-state index in [4.69, 9.17) is 0 Å². The summed E-state index contributed by atoms with van der Waals surface area (Å²) < 4.78 is 40.4. The van der Waals surface area contributed by atoms with Gasteiger partial charge >= 0.3 is 6.18 Å². The lowest BCUT2D eigenvalue weighted by atomic mass is 10.1. The van der Waals surface area contributed by atoms with Gasteiger partial charge in [0.05, 0.1) is 28.6 Å². The second kappa shape index (κ2) is 7.61. The summed E-state index contributed by atoms with van der Waals surface area (Å²) in [6.07, 6.45) is 0.532. The van der Waals surface area contributed by atoms with Crippen LogP contribution in [0.15, 0.2) is 24.7 Å². The second-order valence-electron chi connectivity index (χ2n) is 6.76. The first-order chi connectivity index (χ1) is 13.2. The first-order valence-electron chi connectivity index (χ1n) is 8.78. The molecule has 1 N–H and O–H groups in total. The summed E-state index contributed by atoms with van der Waals surface area (Å²) in [5.41, 5.74) is -0.387. The van der Waals surface area contributed by atoms with E-state index in [-0.39, 0.29) is 29.8 Å². The molecule has 2 amide bonds. The molecular formula is C18H20F3N5O2. The summed E-state index contributed by atoms with van der Waals surface area (Å²) in [7, 11) is 1.69. The van der Waals surface area contributed by atoms with Crippen molar-refractivity contribution in [2.24, 2.45) is 7.05 Å². The van der Waals surface area contributed by atoms with E-state index < -0.39 is 17.6 Å². The number of rotatable bonds is 4. The Morgan fingerprint density at radius 3 is 2.71 bits per heavy atom. The monoisotopic (exact) mass is 395 g/mol. The lowest BCUT2D eigenvalue weighted by Gasteiger charge is -2.25. The second-order valence-corrected chi connectivity index (χ2v) is 6.76. The number of alkyl halides is 3. The molecule has 1 saturated heterocycles. The zero-order valence-corrected chi connectivity index (χ0v) is 15.5. The minimum absolute atomic E-state index is 0.0692. The van der Waals surface area contributed by atoms with Crippen molar-refractivity contribution >= 4 is 11.8 Å². The zero-order valence-electron chi connectivity index (χ0n) is 15.5. The molecule has 3 heterocycles. The van der Waals surface area contributed by atoms with Crippen molar-refractivity contribution in [1.82, 2.24) is 25.0 Å². The van der Waals surface area contributed by atoms with E-state index >= 15 is 0 Å². The molecule has 2 aromatic rings. The maximum Gasteiger partial charge on any atom is 0.417 e. The fourth-order valence-corrected chi connectivity index (χ4v) is 3.23. The number of hydrogen-bond donors (Lipinski definition) is 1. The minimum atomic E-state index is -4.57. The van der Waals surface area contributed by atoms with Gasteiger partial charge in [0.2, 0.25) is 0 Å². The van der Waals surface area contributed by atoms with Crippen LogP contribution in [0.25, 0.3) is 0 Å². The van der Waals surface area contributed by atoms with Crippen molar-refractivity contribution in [3.8, 4) is 0 Å². The van der Waals surface area contributed by atoms with Crippen LogP contribution in [0.3, 0.4) is 0 Å². The highest BCUT2D eigenvalue weighted by Gasteiger charge is 2.35. The van der Waals surface area contributed by atoms with Gasteiger partial charge in [0.25, 0.3) is 11.8 Å². The molecular weight excluding hydrogens is 375 g/mol. The number of pyridine rings is 1. The van der Waals surface area contributed by atoms with E-state index in [0.29, 0.717) is 24.9 Å². The van der Waals surface area contributed by atoms with Crippen molar-refractivity contribution in [3.05, 3.63) is 47.0 Å². The van der Waals surface area contributed by atoms with E-state index in [1.807, 2.05) is 0 Å². The molecule has 0 saturated carbocycles. The molecule has 0 spiro atoms. The third-order valence-corrected chi connectivity index (χ3v) is 4.75. The lowest BCUT2D eigenvalue weighted by Crippen LogP contribution is -2.43. The van der Waals surface area contributed by atoms with Gasteiger partial charge in [-0.1, -0.05) is 0 Å². The molecule has 2 aromatic heterocycles. The molecule has 0 radical (unpaired) electrons. The first-order valence-corrected chi connectivity index (χ1v) is 8.78. The summed E-state index contributed by atoms with van der Waals surface area (Å²) in [5.74, 6) is -0.821. The molecule has 1 aliphatic rings. The molecule has 28 heavy (non-hydrogen) atoms. The Kier molecular flexibility index (Phi) is 5.39. The average Bonchev–Trinajstić information content (AvgIpc) is 3.27. The molecule has 1 fully saturated rings. The molecule has 0 aliphatic carbocycles. The van der Waals surface area contributed by atoms with E-state index in [1.165, 1.54) is 22.7 Å². The van der Waals surface area contributed by atoms with Crippen LogP contribution in [-0.2, 0) is 13.2 Å². The average molecular weight is 395 g/mol. The predicted octanol–water partition coefficient (Wildman–Crippen LogP) is 2.18. The normalized spacial score (nSPS) is 17.0. The Labute approximate surface area is 159 Å². The fourth-order valence-electron chi connectivity index (χ4n) is 3.23. The fraction of sp³-hybridized carbons (Fsp3) is 0.444. The summed E-state index contributed by atoms with van der Waals surface area (Å²) in [6.45, 7) is 2.13. The van der Waals surface area contributed by atoms with Crippen molar-refractivity contribution in [3.63, 3.8) is 0 Å². The van der Waals surface area contributed by atoms with E-state index in [1.54, 1.807) is 13.2 Å². The number of carbonyl (C=O) groups excluding carboxylic acids is 2. The number of nitrogens with zero attached hydrogens (tertiary/aromatic N) is 4. The van der Waals surface area contributed by atoms with Crippen LogP contribution >= 0.6 is 0 Å². The van der Waals surface area contributed by atoms with Crippen LogP contribution < -0.4 is 5.32 Å². The summed E-state index contributed by atoms with van der Waals surface area (Å²) >= 11 is 0. The van der Waals surface area contributed by atoms with E-state index in [2.05, 4.69) is 15.4 Å². The molecule has 3 rings (SSSR count). The molecule has 0 bridgehead atoms. The lowest BCUT2D eigenvalue weighted by molar-refractivity contribution is -0.137. The number of aryl methyl sites for hydroxylation is 2. The molecule has 7 nitrogen and oxygen atoms in total. The van der Waals surface area contributed by atoms with Crippen molar-refractivity contribution < 1.29 is 22.8 Å². The number of carbonyl (C=O) groups is 2. The van der Waals surface area contributed by atoms with Crippen molar-refractivity contribution in [2.45, 2.75) is 32.0 Å². The number of amides is 2. The highest BCUT2D eigenvalue weighted by molar-refractivity contribution is 5.96. The van der Waals surface area contributed by atoms with Gasteiger partial charge in [0, 0.05) is 38.6 Å². The third kappa shape index (κ3) is 4.15. The topological polar surface area (TPSA) is 80.1 Å². The Bertz CT molecular complexity index is 894. The Hall–Kier alpha value is -2.91. The molecule has 1 aliphatic heterocycles. The number of aromatic nitrogens is 3. The Morgan fingerprint density at radius 2 is 2.07 bits per heavy atom. The summed E-state index contributed by atoms with van der Waals surface area (Å²) in [4.78, 5) is 30.3. The van der Waals surface area contributed by atoms with Gasteiger partial charge in [-0.25, -0.2) is 0 Å². The number of nitrogens with one attached hydrogen (secondary N) is 1. The molecule has 0 aromatic carbocycles. The number of halogens is 3. The highest BCUT2D eigenvalue weighted by Crippen LogP contribution is 2.30. The van der Waals surface area contributed by atoms with Gasteiger partial charge in [-0.05, 0) is 25.8 Å². The van der Waals surface area contributed by atoms with Crippen molar-refractivity contribution in [2.75, 3.05) is 13.1 Å². The summed E-state index contributed by atoms with van der Waals surface area (Å²) in [6, 6.07) is 0.552. The van der Waals surface area contributed by atoms with Crippen molar-refractivity contribution in [1.29, 1.82) is 0 Å². The standard InChI is InChI=1S/C18H20F3N5O2/c1-11-15(6-13(8-22-11)18(19,20)21)17(28)26-5-3-4-14(26)9-23-16(27)12-7-24-25(2)10-12/h6-8,10,14H,3-5,9H2,1-2H3,(H,23,27).